The lowest BCUT2D eigenvalue weighted by atomic mass is 10.1. The van der Waals surface area contributed by atoms with Gasteiger partial charge in [0, 0.05) is 0 Å². The summed E-state index contributed by atoms with van der Waals surface area (Å²) in [5.41, 5.74) is 5.28. The van der Waals surface area contributed by atoms with Gasteiger partial charge in [-0.25, -0.2) is 4.98 Å². The second-order valence-corrected chi connectivity index (χ2v) is 5.27. The van der Waals surface area contributed by atoms with Crippen LogP contribution in [-0.2, 0) is 0 Å². The molecule has 0 radical (unpaired) electrons. The van der Waals surface area contributed by atoms with Crippen LogP contribution in [0.4, 0.5) is 0 Å². The molecule has 0 fully saturated rings. The van der Waals surface area contributed by atoms with Crippen molar-refractivity contribution in [1.82, 2.24) is 29.8 Å². The topological polar surface area (TPSA) is 61.4 Å². The molecule has 0 saturated heterocycles. The van der Waals surface area contributed by atoms with E-state index in [9.17, 15) is 0 Å². The van der Waals surface area contributed by atoms with E-state index in [2.05, 4.69) is 46.5 Å². The second-order valence-electron chi connectivity index (χ2n) is 5.27. The number of imidazole rings is 1. The predicted octanol–water partition coefficient (Wildman–Crippen LogP) is 2.62. The average Bonchev–Trinajstić information content (AvgIpc) is 3.15. The SMILES string of the molecule is Cc1cc2ncn(-c3nnnn3-c3ccccc3)c2cc1C. The molecule has 0 spiro atoms. The van der Waals surface area contributed by atoms with Crippen LogP contribution in [0, 0.1) is 13.8 Å². The minimum atomic E-state index is 0.622. The van der Waals surface area contributed by atoms with E-state index in [0.717, 1.165) is 16.7 Å². The van der Waals surface area contributed by atoms with Crippen LogP contribution in [-0.4, -0.2) is 29.8 Å². The zero-order valence-electron chi connectivity index (χ0n) is 12.3. The van der Waals surface area contributed by atoms with E-state index in [1.165, 1.54) is 11.1 Å². The number of benzene rings is 2. The van der Waals surface area contributed by atoms with E-state index >= 15 is 0 Å². The Balaban J connectivity index is 1.94. The minimum absolute atomic E-state index is 0.622. The summed E-state index contributed by atoms with van der Waals surface area (Å²) in [6.07, 6.45) is 1.76. The molecule has 2 aromatic heterocycles. The maximum Gasteiger partial charge on any atom is 0.260 e. The van der Waals surface area contributed by atoms with Gasteiger partial charge in [0.1, 0.15) is 6.33 Å². The Labute approximate surface area is 127 Å². The summed E-state index contributed by atoms with van der Waals surface area (Å²) in [6.45, 7) is 4.17. The van der Waals surface area contributed by atoms with Gasteiger partial charge in [-0.3, -0.25) is 4.57 Å². The average molecular weight is 290 g/mol. The van der Waals surface area contributed by atoms with Crippen molar-refractivity contribution in [1.29, 1.82) is 0 Å². The molecule has 4 aromatic rings. The second kappa shape index (κ2) is 4.77. The van der Waals surface area contributed by atoms with Crippen molar-refractivity contribution in [3.63, 3.8) is 0 Å². The number of aromatic nitrogens is 6. The summed E-state index contributed by atoms with van der Waals surface area (Å²) < 4.78 is 3.62. The molecule has 4 rings (SSSR count). The van der Waals surface area contributed by atoms with Crippen molar-refractivity contribution < 1.29 is 0 Å². The van der Waals surface area contributed by atoms with Crippen LogP contribution < -0.4 is 0 Å². The number of hydrogen-bond acceptors (Lipinski definition) is 4. The van der Waals surface area contributed by atoms with Gasteiger partial charge in [0.2, 0.25) is 0 Å². The number of aryl methyl sites for hydroxylation is 2. The van der Waals surface area contributed by atoms with Crippen LogP contribution in [0.25, 0.3) is 22.7 Å². The molecule has 22 heavy (non-hydrogen) atoms. The van der Waals surface area contributed by atoms with Crippen molar-refractivity contribution in [2.75, 3.05) is 0 Å². The molecule has 0 aliphatic rings. The molecule has 0 N–H and O–H groups in total. The predicted molar refractivity (Wildman–Crippen MR) is 83.3 cm³/mol. The Hall–Kier alpha value is -3.02. The first-order valence-corrected chi connectivity index (χ1v) is 7.02. The standard InChI is InChI=1S/C16H14N6/c1-11-8-14-15(9-12(11)2)21(10-17-14)16-18-19-20-22(16)13-6-4-3-5-7-13/h3-10H,1-2H3. The molecule has 2 aromatic carbocycles. The Morgan fingerprint density at radius 2 is 1.73 bits per heavy atom. The summed E-state index contributed by atoms with van der Waals surface area (Å²) in [5, 5.41) is 12.1. The lowest BCUT2D eigenvalue weighted by Gasteiger charge is -2.06. The van der Waals surface area contributed by atoms with E-state index < -0.39 is 0 Å². The smallest absolute Gasteiger partial charge is 0.260 e. The van der Waals surface area contributed by atoms with Gasteiger partial charge >= 0.3 is 0 Å². The number of tetrazole rings is 1. The first kappa shape index (κ1) is 12.7. The van der Waals surface area contributed by atoms with Gasteiger partial charge in [0.05, 0.1) is 16.7 Å². The summed E-state index contributed by atoms with van der Waals surface area (Å²) in [4.78, 5) is 4.47. The Bertz CT molecular complexity index is 951. The highest BCUT2D eigenvalue weighted by Crippen LogP contribution is 2.21. The van der Waals surface area contributed by atoms with Crippen molar-refractivity contribution in [2.24, 2.45) is 0 Å². The zero-order chi connectivity index (χ0) is 15.1. The van der Waals surface area contributed by atoms with Gasteiger partial charge in [0.25, 0.3) is 5.95 Å². The van der Waals surface area contributed by atoms with E-state index in [1.54, 1.807) is 11.0 Å². The molecule has 2 heterocycles. The van der Waals surface area contributed by atoms with Gasteiger partial charge in [-0.05, 0) is 59.7 Å². The molecule has 108 valence electrons. The zero-order valence-corrected chi connectivity index (χ0v) is 12.3. The van der Waals surface area contributed by atoms with Crippen LogP contribution >= 0.6 is 0 Å². The summed E-state index contributed by atoms with van der Waals surface area (Å²) in [5.74, 6) is 0.622. The maximum absolute atomic E-state index is 4.47. The van der Waals surface area contributed by atoms with Crippen LogP contribution in [0.1, 0.15) is 11.1 Å². The molecule has 6 nitrogen and oxygen atoms in total. The third-order valence-corrected chi connectivity index (χ3v) is 3.83. The Kier molecular flexibility index (Phi) is 2.75. The highest BCUT2D eigenvalue weighted by molar-refractivity contribution is 5.78. The van der Waals surface area contributed by atoms with E-state index in [4.69, 9.17) is 0 Å². The molecular formula is C16H14N6. The number of hydrogen-bond donors (Lipinski definition) is 0. The lowest BCUT2D eigenvalue weighted by Crippen LogP contribution is -2.05. The summed E-state index contributed by atoms with van der Waals surface area (Å²) in [6, 6.07) is 14.0. The number of rotatable bonds is 2. The Morgan fingerprint density at radius 3 is 2.55 bits per heavy atom. The first-order chi connectivity index (χ1) is 10.7. The number of nitrogens with zero attached hydrogens (tertiary/aromatic N) is 6. The fourth-order valence-electron chi connectivity index (χ4n) is 2.49. The van der Waals surface area contributed by atoms with Gasteiger partial charge in [-0.1, -0.05) is 23.3 Å². The quantitative estimate of drug-likeness (QED) is 0.569. The van der Waals surface area contributed by atoms with Crippen LogP contribution in [0.5, 0.6) is 0 Å². The van der Waals surface area contributed by atoms with Crippen LogP contribution in [0.3, 0.4) is 0 Å². The first-order valence-electron chi connectivity index (χ1n) is 7.02. The fourth-order valence-corrected chi connectivity index (χ4v) is 2.49. The van der Waals surface area contributed by atoms with Crippen molar-refractivity contribution in [3.05, 3.63) is 59.9 Å². The van der Waals surface area contributed by atoms with E-state index in [-0.39, 0.29) is 0 Å². The molecular weight excluding hydrogens is 276 g/mol. The molecule has 0 unspecified atom stereocenters. The Morgan fingerprint density at radius 1 is 0.955 bits per heavy atom. The molecule has 0 atom stereocenters. The number of fused-ring (bicyclic) bond motifs is 1. The van der Waals surface area contributed by atoms with Gasteiger partial charge in [-0.15, -0.1) is 0 Å². The van der Waals surface area contributed by atoms with Crippen molar-refractivity contribution >= 4 is 11.0 Å². The maximum atomic E-state index is 4.47. The molecule has 0 bridgehead atoms. The van der Waals surface area contributed by atoms with Gasteiger partial charge in [-0.2, -0.15) is 4.68 Å². The molecule has 6 heteroatoms. The fraction of sp³-hybridized carbons (Fsp3) is 0.125. The molecule has 0 aliphatic carbocycles. The lowest BCUT2D eigenvalue weighted by molar-refractivity contribution is 0.775. The highest BCUT2D eigenvalue weighted by atomic mass is 15.6. The van der Waals surface area contributed by atoms with Gasteiger partial charge < -0.3 is 0 Å². The van der Waals surface area contributed by atoms with E-state index in [0.29, 0.717) is 5.95 Å². The molecule has 0 amide bonds. The number of para-hydroxylation sites is 1. The summed E-state index contributed by atoms with van der Waals surface area (Å²) in [7, 11) is 0. The molecule has 0 saturated carbocycles. The normalized spacial score (nSPS) is 11.2. The third-order valence-electron chi connectivity index (χ3n) is 3.83. The van der Waals surface area contributed by atoms with E-state index in [1.807, 2.05) is 34.9 Å². The summed E-state index contributed by atoms with van der Waals surface area (Å²) >= 11 is 0. The highest BCUT2D eigenvalue weighted by Gasteiger charge is 2.14. The van der Waals surface area contributed by atoms with Crippen molar-refractivity contribution in [3.8, 4) is 11.6 Å². The largest absolute Gasteiger partial charge is 0.265 e. The third kappa shape index (κ3) is 1.88. The monoisotopic (exact) mass is 290 g/mol. The van der Waals surface area contributed by atoms with Crippen LogP contribution in [0.15, 0.2) is 48.8 Å². The van der Waals surface area contributed by atoms with Gasteiger partial charge in [0.15, 0.2) is 0 Å². The van der Waals surface area contributed by atoms with Crippen LogP contribution in [0.2, 0.25) is 0 Å². The van der Waals surface area contributed by atoms with Crippen molar-refractivity contribution in [2.45, 2.75) is 13.8 Å². The molecule has 0 aliphatic heterocycles. The minimum Gasteiger partial charge on any atom is -0.265 e.